The Morgan fingerprint density at radius 1 is 1.62 bits per heavy atom. The van der Waals surface area contributed by atoms with Gasteiger partial charge in [-0.15, -0.1) is 0 Å². The zero-order valence-corrected chi connectivity index (χ0v) is 10.7. The van der Waals surface area contributed by atoms with Crippen LogP contribution in [0.1, 0.15) is 32.6 Å². The third-order valence-electron chi connectivity index (χ3n) is 3.22. The van der Waals surface area contributed by atoms with Gasteiger partial charge >= 0.3 is 0 Å². The Morgan fingerprint density at radius 2 is 2.31 bits per heavy atom. The Balaban J connectivity index is 2.42. The van der Waals surface area contributed by atoms with Crippen molar-refractivity contribution in [1.82, 2.24) is 5.43 Å². The largest absolute Gasteiger partial charge is 0.271 e. The molecule has 1 heterocycles. The lowest BCUT2D eigenvalue weighted by Gasteiger charge is -2.19. The van der Waals surface area contributed by atoms with Gasteiger partial charge in [-0.05, 0) is 31.6 Å². The molecule has 2 atom stereocenters. The van der Waals surface area contributed by atoms with Gasteiger partial charge in [-0.1, -0.05) is 19.1 Å². The fourth-order valence-corrected chi connectivity index (χ4v) is 4.04. The van der Waals surface area contributed by atoms with E-state index in [9.17, 15) is 8.42 Å². The lowest BCUT2D eigenvalue weighted by Crippen LogP contribution is -2.37. The van der Waals surface area contributed by atoms with E-state index in [1.807, 2.05) is 0 Å². The van der Waals surface area contributed by atoms with Crippen LogP contribution in [0.5, 0.6) is 0 Å². The average molecular weight is 246 g/mol. The van der Waals surface area contributed by atoms with E-state index < -0.39 is 9.84 Å². The molecular formula is C11H22N2O2S. The fraction of sp³-hybridized carbons (Fsp3) is 0.818. The molecule has 0 radical (unpaired) electrons. The molecule has 94 valence electrons. The summed E-state index contributed by atoms with van der Waals surface area (Å²) in [6.07, 6.45) is 3.39. The molecule has 1 aliphatic heterocycles. The Bertz CT molecular complexity index is 338. The molecule has 16 heavy (non-hydrogen) atoms. The second-order valence-electron chi connectivity index (χ2n) is 4.68. The summed E-state index contributed by atoms with van der Waals surface area (Å²) in [5.74, 6) is 6.40. The molecule has 1 fully saturated rings. The molecule has 5 heteroatoms. The summed E-state index contributed by atoms with van der Waals surface area (Å²) < 4.78 is 22.6. The van der Waals surface area contributed by atoms with Crippen molar-refractivity contribution in [2.45, 2.75) is 38.6 Å². The molecule has 1 aliphatic rings. The Kier molecular flexibility index (Phi) is 4.95. The van der Waals surface area contributed by atoms with Crippen molar-refractivity contribution < 1.29 is 8.42 Å². The van der Waals surface area contributed by atoms with Crippen LogP contribution in [-0.2, 0) is 9.84 Å². The number of nitrogens with one attached hydrogen (secondary N) is 1. The standard InChI is InChI=1S/C11H22N2O2S/c1-3-9(2)6-11(13-12)7-10-4-5-16(14,15)8-10/h10-11,13H,2-8,12H2,1H3. The van der Waals surface area contributed by atoms with Gasteiger partial charge in [0.1, 0.15) is 0 Å². The SMILES string of the molecule is C=C(CC)CC(CC1CCS(=O)(=O)C1)NN. The predicted molar refractivity (Wildman–Crippen MR) is 66.5 cm³/mol. The van der Waals surface area contributed by atoms with Gasteiger partial charge in [-0.2, -0.15) is 0 Å². The van der Waals surface area contributed by atoms with Crippen molar-refractivity contribution in [2.24, 2.45) is 11.8 Å². The van der Waals surface area contributed by atoms with Gasteiger partial charge < -0.3 is 0 Å². The maximum atomic E-state index is 11.3. The van der Waals surface area contributed by atoms with Crippen molar-refractivity contribution in [2.75, 3.05) is 11.5 Å². The molecule has 0 saturated carbocycles. The first-order valence-electron chi connectivity index (χ1n) is 5.80. The first kappa shape index (κ1) is 13.7. The fourth-order valence-electron chi connectivity index (χ4n) is 2.16. The minimum Gasteiger partial charge on any atom is -0.271 e. The van der Waals surface area contributed by atoms with Gasteiger partial charge in [0.25, 0.3) is 0 Å². The number of nitrogens with two attached hydrogens (primary N) is 1. The van der Waals surface area contributed by atoms with Gasteiger partial charge in [-0.25, -0.2) is 8.42 Å². The quantitative estimate of drug-likeness (QED) is 0.416. The summed E-state index contributed by atoms with van der Waals surface area (Å²) in [5.41, 5.74) is 3.92. The van der Waals surface area contributed by atoms with Crippen LogP contribution in [0, 0.1) is 5.92 Å². The third kappa shape index (κ3) is 4.23. The highest BCUT2D eigenvalue weighted by atomic mass is 32.2. The zero-order valence-electron chi connectivity index (χ0n) is 9.91. The van der Waals surface area contributed by atoms with Crippen molar-refractivity contribution in [3.05, 3.63) is 12.2 Å². The Labute approximate surface area is 98.2 Å². The number of sulfone groups is 1. The van der Waals surface area contributed by atoms with E-state index in [0.29, 0.717) is 11.5 Å². The molecule has 1 rings (SSSR count). The van der Waals surface area contributed by atoms with E-state index >= 15 is 0 Å². The monoisotopic (exact) mass is 246 g/mol. The van der Waals surface area contributed by atoms with Gasteiger partial charge in [0, 0.05) is 6.04 Å². The molecule has 0 aliphatic carbocycles. The second kappa shape index (κ2) is 5.80. The van der Waals surface area contributed by atoms with E-state index in [2.05, 4.69) is 18.9 Å². The smallest absolute Gasteiger partial charge is 0.150 e. The number of hydrogen-bond acceptors (Lipinski definition) is 4. The normalized spacial score (nSPS) is 25.5. The summed E-state index contributed by atoms with van der Waals surface area (Å²) in [6, 6.07) is 0.158. The molecule has 0 amide bonds. The van der Waals surface area contributed by atoms with Crippen molar-refractivity contribution >= 4 is 9.84 Å². The first-order chi connectivity index (χ1) is 7.46. The molecule has 4 nitrogen and oxygen atoms in total. The second-order valence-corrected chi connectivity index (χ2v) is 6.90. The van der Waals surface area contributed by atoms with E-state index in [-0.39, 0.29) is 12.0 Å². The summed E-state index contributed by atoms with van der Waals surface area (Å²) in [7, 11) is -2.77. The van der Waals surface area contributed by atoms with Gasteiger partial charge in [-0.3, -0.25) is 11.3 Å². The molecule has 1 saturated heterocycles. The van der Waals surface area contributed by atoms with Gasteiger partial charge in [0.05, 0.1) is 11.5 Å². The minimum absolute atomic E-state index is 0.158. The highest BCUT2D eigenvalue weighted by Crippen LogP contribution is 2.24. The van der Waals surface area contributed by atoms with Crippen molar-refractivity contribution in [3.8, 4) is 0 Å². The van der Waals surface area contributed by atoms with E-state index in [1.165, 1.54) is 0 Å². The van der Waals surface area contributed by atoms with E-state index in [0.717, 1.165) is 31.3 Å². The van der Waals surface area contributed by atoms with Crippen molar-refractivity contribution in [1.29, 1.82) is 0 Å². The molecule has 2 unspecified atom stereocenters. The maximum Gasteiger partial charge on any atom is 0.150 e. The molecule has 0 spiro atoms. The van der Waals surface area contributed by atoms with Crippen LogP contribution >= 0.6 is 0 Å². The predicted octanol–water partition coefficient (Wildman–Crippen LogP) is 0.999. The average Bonchev–Trinajstić information content (AvgIpc) is 2.56. The molecule has 0 aromatic rings. The molecular weight excluding hydrogens is 224 g/mol. The maximum absolute atomic E-state index is 11.3. The number of hydrogen-bond donors (Lipinski definition) is 2. The Morgan fingerprint density at radius 3 is 2.75 bits per heavy atom. The van der Waals surface area contributed by atoms with Crippen LogP contribution in [0.3, 0.4) is 0 Å². The van der Waals surface area contributed by atoms with Crippen LogP contribution in [0.25, 0.3) is 0 Å². The number of rotatable bonds is 6. The van der Waals surface area contributed by atoms with E-state index in [4.69, 9.17) is 5.84 Å². The third-order valence-corrected chi connectivity index (χ3v) is 5.05. The first-order valence-corrected chi connectivity index (χ1v) is 7.62. The summed E-state index contributed by atoms with van der Waals surface area (Å²) in [5, 5.41) is 0. The summed E-state index contributed by atoms with van der Waals surface area (Å²) in [4.78, 5) is 0. The van der Waals surface area contributed by atoms with Crippen LogP contribution in [0.15, 0.2) is 12.2 Å². The van der Waals surface area contributed by atoms with Gasteiger partial charge in [0.15, 0.2) is 9.84 Å². The van der Waals surface area contributed by atoms with Crippen molar-refractivity contribution in [3.63, 3.8) is 0 Å². The highest BCUT2D eigenvalue weighted by molar-refractivity contribution is 7.91. The Hall–Kier alpha value is -0.390. The summed E-state index contributed by atoms with van der Waals surface area (Å²) >= 11 is 0. The van der Waals surface area contributed by atoms with Crippen LogP contribution in [0.2, 0.25) is 0 Å². The lowest BCUT2D eigenvalue weighted by atomic mass is 9.95. The summed E-state index contributed by atoms with van der Waals surface area (Å²) in [6.45, 7) is 6.02. The van der Waals surface area contributed by atoms with Crippen LogP contribution in [0.4, 0.5) is 0 Å². The van der Waals surface area contributed by atoms with Crippen LogP contribution in [-0.4, -0.2) is 26.0 Å². The molecule has 0 bridgehead atoms. The topological polar surface area (TPSA) is 72.2 Å². The molecule has 0 aromatic carbocycles. The molecule has 0 aromatic heterocycles. The highest BCUT2D eigenvalue weighted by Gasteiger charge is 2.29. The van der Waals surface area contributed by atoms with E-state index in [1.54, 1.807) is 0 Å². The van der Waals surface area contributed by atoms with Gasteiger partial charge in [0.2, 0.25) is 0 Å². The minimum atomic E-state index is -2.77. The number of hydrazine groups is 1. The van der Waals surface area contributed by atoms with Crippen LogP contribution < -0.4 is 11.3 Å². The lowest BCUT2D eigenvalue weighted by molar-refractivity contribution is 0.406. The zero-order chi connectivity index (χ0) is 12.2. The molecule has 3 N–H and O–H groups in total.